The van der Waals surface area contributed by atoms with Crippen LogP contribution in [0.1, 0.15) is 25.0 Å². The number of aromatic nitrogens is 2. The lowest BCUT2D eigenvalue weighted by molar-refractivity contribution is -0.0225. The summed E-state index contributed by atoms with van der Waals surface area (Å²) in [6.07, 6.45) is -2.50. The molecule has 0 saturated carbocycles. The van der Waals surface area contributed by atoms with Gasteiger partial charge in [0.2, 0.25) is 0 Å². The van der Waals surface area contributed by atoms with Gasteiger partial charge in [0.15, 0.2) is 0 Å². The van der Waals surface area contributed by atoms with Gasteiger partial charge >= 0.3 is 29.2 Å². The average Bonchev–Trinajstić information content (AvgIpc) is 2.90. The molecule has 2 unspecified atom stereocenters. The molecule has 1 aliphatic heterocycles. The molecule has 0 amide bonds. The lowest BCUT2D eigenvalue weighted by atomic mass is 10.1. The van der Waals surface area contributed by atoms with Crippen molar-refractivity contribution >= 4 is 23.5 Å². The van der Waals surface area contributed by atoms with Gasteiger partial charge in [-0.15, -0.1) is 0 Å². The van der Waals surface area contributed by atoms with Crippen molar-refractivity contribution in [1.29, 1.82) is 0 Å². The number of aryl methyl sites for hydroxylation is 1. The van der Waals surface area contributed by atoms with Crippen LogP contribution in [0.15, 0.2) is 15.8 Å². The van der Waals surface area contributed by atoms with Crippen molar-refractivity contribution in [3.8, 4) is 0 Å². The molecule has 1 saturated heterocycles. The Bertz CT molecular complexity index is 1030. The van der Waals surface area contributed by atoms with Gasteiger partial charge in [-0.25, -0.2) is 18.5 Å². The molecule has 0 spiro atoms. The highest BCUT2D eigenvalue weighted by Gasteiger charge is 2.43. The first kappa shape index (κ1) is 25.3. The standard InChI is InChI=1S/C11H19N2O14P3/c1-2-13-4-6(10(15)12-11(13)16)8-3-7(14)9(25-8)5-24-29(20,21)27-30(22,23)26-28(17,18)19/h4,7-9,14H,2-3,5H2,1H3,(H,20,21)(H,22,23)(H,12,15,16)(H2,17,18,19)/t7-,8-,9-/m1/s1. The van der Waals surface area contributed by atoms with E-state index in [0.717, 1.165) is 0 Å². The quantitative estimate of drug-likeness (QED) is 0.227. The molecule has 19 heteroatoms. The number of aromatic amines is 1. The third-order valence-corrected chi connectivity index (χ3v) is 7.57. The van der Waals surface area contributed by atoms with Gasteiger partial charge in [-0.2, -0.15) is 8.62 Å². The first-order valence-corrected chi connectivity index (χ1v) is 12.6. The summed E-state index contributed by atoms with van der Waals surface area (Å²) in [7, 11) is -16.6. The van der Waals surface area contributed by atoms with E-state index in [1.165, 1.54) is 10.8 Å². The molecule has 6 N–H and O–H groups in total. The third-order valence-electron chi connectivity index (χ3n) is 3.77. The van der Waals surface area contributed by atoms with Crippen LogP contribution in [0, 0.1) is 0 Å². The van der Waals surface area contributed by atoms with Crippen LogP contribution in [0.25, 0.3) is 0 Å². The Hall–Kier alpha value is -0.990. The van der Waals surface area contributed by atoms with Gasteiger partial charge in [0.1, 0.15) is 6.10 Å². The molecule has 0 bridgehead atoms. The van der Waals surface area contributed by atoms with Crippen LogP contribution >= 0.6 is 23.5 Å². The molecule has 2 heterocycles. The monoisotopic (exact) mass is 496 g/mol. The zero-order valence-corrected chi connectivity index (χ0v) is 17.8. The number of ether oxygens (including phenoxy) is 1. The molecule has 1 fully saturated rings. The van der Waals surface area contributed by atoms with Gasteiger partial charge in [0.25, 0.3) is 5.56 Å². The lowest BCUT2D eigenvalue weighted by Gasteiger charge is -2.19. The molecule has 0 aromatic carbocycles. The molecule has 1 aliphatic rings. The molecule has 2 rings (SSSR count). The maximum Gasteiger partial charge on any atom is 0.490 e. The van der Waals surface area contributed by atoms with E-state index >= 15 is 0 Å². The number of hydrogen-bond donors (Lipinski definition) is 6. The van der Waals surface area contributed by atoms with Crippen molar-refractivity contribution in [3.63, 3.8) is 0 Å². The predicted molar refractivity (Wildman–Crippen MR) is 95.1 cm³/mol. The van der Waals surface area contributed by atoms with Crippen molar-refractivity contribution in [3.05, 3.63) is 32.6 Å². The Morgan fingerprint density at radius 1 is 1.17 bits per heavy atom. The summed E-state index contributed by atoms with van der Waals surface area (Å²) >= 11 is 0. The molecule has 1 aromatic heterocycles. The van der Waals surface area contributed by atoms with E-state index in [1.54, 1.807) is 6.92 Å². The number of aliphatic hydroxyl groups is 1. The summed E-state index contributed by atoms with van der Waals surface area (Å²) < 4.78 is 51.7. The highest BCUT2D eigenvalue weighted by molar-refractivity contribution is 7.66. The second-order valence-corrected chi connectivity index (χ2v) is 10.4. The predicted octanol–water partition coefficient (Wildman–Crippen LogP) is -0.909. The normalized spacial score (nSPS) is 26.3. The van der Waals surface area contributed by atoms with Crippen LogP contribution in [0.4, 0.5) is 0 Å². The fraction of sp³-hybridized carbons (Fsp3) is 0.636. The number of phosphoric ester groups is 1. The zero-order valence-electron chi connectivity index (χ0n) is 15.1. The Balaban J connectivity index is 2.05. The highest BCUT2D eigenvalue weighted by Crippen LogP contribution is 2.66. The largest absolute Gasteiger partial charge is 0.490 e. The summed E-state index contributed by atoms with van der Waals surface area (Å²) in [4.78, 5) is 61.1. The number of H-pyrrole nitrogens is 1. The summed E-state index contributed by atoms with van der Waals surface area (Å²) in [6.45, 7) is 1.03. The van der Waals surface area contributed by atoms with Crippen LogP contribution in [0.3, 0.4) is 0 Å². The van der Waals surface area contributed by atoms with Gasteiger partial charge < -0.3 is 34.0 Å². The van der Waals surface area contributed by atoms with Crippen molar-refractivity contribution in [1.82, 2.24) is 9.55 Å². The van der Waals surface area contributed by atoms with Gasteiger partial charge in [-0.05, 0) is 6.92 Å². The maximum atomic E-state index is 12.0. The van der Waals surface area contributed by atoms with Gasteiger partial charge in [0, 0.05) is 19.2 Å². The minimum Gasteiger partial charge on any atom is -0.390 e. The van der Waals surface area contributed by atoms with Crippen molar-refractivity contribution in [2.45, 2.75) is 38.2 Å². The Kier molecular flexibility index (Phi) is 7.79. The Morgan fingerprint density at radius 3 is 2.37 bits per heavy atom. The number of aliphatic hydroxyl groups excluding tert-OH is 1. The molecular formula is C11H19N2O14P3. The lowest BCUT2D eigenvalue weighted by Crippen LogP contribution is -2.32. The molecule has 30 heavy (non-hydrogen) atoms. The van der Waals surface area contributed by atoms with E-state index in [1.807, 2.05) is 0 Å². The highest BCUT2D eigenvalue weighted by atomic mass is 31.3. The minimum absolute atomic E-state index is 0.0105. The van der Waals surface area contributed by atoms with E-state index in [9.17, 15) is 33.3 Å². The van der Waals surface area contributed by atoms with E-state index in [2.05, 4.69) is 18.1 Å². The molecule has 0 radical (unpaired) electrons. The van der Waals surface area contributed by atoms with Crippen molar-refractivity contribution in [2.24, 2.45) is 0 Å². The SMILES string of the molecule is CCn1cc([C@H]2C[C@@H](O)[C@@H](COP(=O)(O)OP(=O)(O)OP(=O)(O)O)O2)c(=O)[nH]c1=O. The topological polar surface area (TPSA) is 244 Å². The summed E-state index contributed by atoms with van der Waals surface area (Å²) in [5.74, 6) is 0. The Morgan fingerprint density at radius 2 is 1.80 bits per heavy atom. The van der Waals surface area contributed by atoms with Crippen LogP contribution in [-0.2, 0) is 38.1 Å². The molecule has 172 valence electrons. The van der Waals surface area contributed by atoms with Gasteiger partial charge in [0.05, 0.1) is 24.4 Å². The molecule has 16 nitrogen and oxygen atoms in total. The average molecular weight is 496 g/mol. The summed E-state index contributed by atoms with van der Waals surface area (Å²) in [5.41, 5.74) is -1.39. The molecular weight excluding hydrogens is 477 g/mol. The van der Waals surface area contributed by atoms with Crippen LogP contribution in [0.5, 0.6) is 0 Å². The van der Waals surface area contributed by atoms with E-state index in [4.69, 9.17) is 19.4 Å². The molecule has 0 aliphatic carbocycles. The third kappa shape index (κ3) is 7.02. The van der Waals surface area contributed by atoms with Gasteiger partial charge in [-0.3, -0.25) is 14.3 Å². The molecule has 5 atom stereocenters. The van der Waals surface area contributed by atoms with Crippen LogP contribution in [0.2, 0.25) is 0 Å². The number of nitrogens with zero attached hydrogens (tertiary/aromatic N) is 1. The second-order valence-electron chi connectivity index (χ2n) is 5.98. The van der Waals surface area contributed by atoms with Crippen LogP contribution in [-0.4, -0.2) is 53.0 Å². The fourth-order valence-electron chi connectivity index (χ4n) is 2.54. The smallest absolute Gasteiger partial charge is 0.390 e. The number of phosphoric acid groups is 3. The first-order chi connectivity index (χ1) is 13.6. The number of rotatable bonds is 9. The maximum absolute atomic E-state index is 12.0. The minimum atomic E-state index is -5.67. The van der Waals surface area contributed by atoms with E-state index < -0.39 is 59.6 Å². The fourth-order valence-corrected chi connectivity index (χ4v) is 5.57. The van der Waals surface area contributed by atoms with Crippen LogP contribution < -0.4 is 11.2 Å². The summed E-state index contributed by atoms with van der Waals surface area (Å²) in [6, 6.07) is 0. The number of hydrogen-bond acceptors (Lipinski definition) is 10. The molecule has 1 aromatic rings. The van der Waals surface area contributed by atoms with Crippen molar-refractivity contribution in [2.75, 3.05) is 6.61 Å². The number of nitrogens with one attached hydrogen (secondary N) is 1. The van der Waals surface area contributed by atoms with E-state index in [-0.39, 0.29) is 18.5 Å². The summed E-state index contributed by atoms with van der Waals surface area (Å²) in [5, 5.41) is 10.0. The first-order valence-electron chi connectivity index (χ1n) is 8.08. The second kappa shape index (κ2) is 9.25. The van der Waals surface area contributed by atoms with Gasteiger partial charge in [-0.1, -0.05) is 0 Å². The van der Waals surface area contributed by atoms with Crippen molar-refractivity contribution < 1.29 is 56.3 Å². The van der Waals surface area contributed by atoms with E-state index in [0.29, 0.717) is 0 Å². The Labute approximate surface area is 167 Å². The zero-order chi connectivity index (χ0) is 22.9.